The molecule has 1 heterocycles. The molecule has 1 aromatic carbocycles. The highest BCUT2D eigenvalue weighted by Crippen LogP contribution is 2.15. The molecule has 0 spiro atoms. The Balaban J connectivity index is 1.96. The highest BCUT2D eigenvalue weighted by molar-refractivity contribution is 5.96. The lowest BCUT2D eigenvalue weighted by atomic mass is 10.0. The first-order valence-corrected chi connectivity index (χ1v) is 7.28. The zero-order valence-electron chi connectivity index (χ0n) is 12.0. The molecule has 0 amide bonds. The summed E-state index contributed by atoms with van der Waals surface area (Å²) in [6.45, 7) is 4.60. The smallest absolute Gasteiger partial charge is 0.164 e. The van der Waals surface area contributed by atoms with E-state index in [9.17, 15) is 9.90 Å². The third kappa shape index (κ3) is 4.13. The van der Waals surface area contributed by atoms with Gasteiger partial charge in [0.2, 0.25) is 0 Å². The van der Waals surface area contributed by atoms with Gasteiger partial charge in [0.25, 0.3) is 0 Å². The predicted octanol–water partition coefficient (Wildman–Crippen LogP) is 1.73. The monoisotopic (exact) mass is 277 g/mol. The maximum Gasteiger partial charge on any atom is 0.164 e. The fraction of sp³-hybridized carbons (Fsp3) is 0.562. The van der Waals surface area contributed by atoms with Gasteiger partial charge in [-0.25, -0.2) is 0 Å². The number of aliphatic hydroxyl groups excluding tert-OH is 1. The lowest BCUT2D eigenvalue weighted by molar-refractivity contribution is -0.0271. The van der Waals surface area contributed by atoms with E-state index in [2.05, 4.69) is 4.90 Å². The number of hydrogen-bond donors (Lipinski definition) is 1. The normalized spacial score (nSPS) is 21.6. The number of morpholine rings is 1. The number of benzene rings is 1. The van der Waals surface area contributed by atoms with Crippen molar-refractivity contribution in [2.75, 3.05) is 26.3 Å². The highest BCUT2D eigenvalue weighted by Gasteiger charge is 2.26. The predicted molar refractivity (Wildman–Crippen MR) is 77.9 cm³/mol. The van der Waals surface area contributed by atoms with Gasteiger partial charge in [-0.3, -0.25) is 9.69 Å². The van der Waals surface area contributed by atoms with E-state index in [-0.39, 0.29) is 17.9 Å². The van der Waals surface area contributed by atoms with Crippen molar-refractivity contribution in [3.63, 3.8) is 0 Å². The van der Waals surface area contributed by atoms with Crippen molar-refractivity contribution >= 4 is 5.78 Å². The molecule has 110 valence electrons. The quantitative estimate of drug-likeness (QED) is 0.805. The van der Waals surface area contributed by atoms with E-state index >= 15 is 0 Å². The van der Waals surface area contributed by atoms with Gasteiger partial charge >= 0.3 is 0 Å². The van der Waals surface area contributed by atoms with E-state index in [1.165, 1.54) is 0 Å². The molecule has 0 bridgehead atoms. The number of Topliss-reactive ketones (excluding diaryl/α,β-unsaturated/α-hetero) is 1. The van der Waals surface area contributed by atoms with Crippen molar-refractivity contribution in [1.82, 2.24) is 4.90 Å². The maximum absolute atomic E-state index is 12.3. The molecule has 0 aromatic heterocycles. The second-order valence-corrected chi connectivity index (χ2v) is 5.28. The second-order valence-electron chi connectivity index (χ2n) is 5.28. The summed E-state index contributed by atoms with van der Waals surface area (Å²) < 4.78 is 5.49. The first kappa shape index (κ1) is 15.2. The number of aliphatic hydroxyl groups is 1. The molecule has 4 nitrogen and oxygen atoms in total. The molecule has 1 fully saturated rings. The van der Waals surface area contributed by atoms with Crippen LogP contribution in [-0.2, 0) is 4.74 Å². The van der Waals surface area contributed by atoms with Gasteiger partial charge in [0, 0.05) is 31.1 Å². The van der Waals surface area contributed by atoms with Crippen LogP contribution in [0.3, 0.4) is 0 Å². The molecule has 1 aliphatic rings. The first-order valence-electron chi connectivity index (χ1n) is 7.28. The van der Waals surface area contributed by atoms with E-state index in [0.29, 0.717) is 26.2 Å². The van der Waals surface area contributed by atoms with Crippen molar-refractivity contribution in [2.45, 2.75) is 31.9 Å². The summed E-state index contributed by atoms with van der Waals surface area (Å²) >= 11 is 0. The van der Waals surface area contributed by atoms with Crippen molar-refractivity contribution < 1.29 is 14.6 Å². The Morgan fingerprint density at radius 2 is 2.20 bits per heavy atom. The van der Waals surface area contributed by atoms with Gasteiger partial charge in [0.1, 0.15) is 0 Å². The SMILES string of the molecule is CC[C@@H](O)CN1CCOC[C@@H]1CC(=O)c1ccccc1. The largest absolute Gasteiger partial charge is 0.392 e. The summed E-state index contributed by atoms with van der Waals surface area (Å²) in [5.41, 5.74) is 0.745. The Labute approximate surface area is 120 Å². The molecule has 0 saturated carbocycles. The van der Waals surface area contributed by atoms with Gasteiger partial charge in [-0.1, -0.05) is 37.3 Å². The van der Waals surface area contributed by atoms with Crippen LogP contribution in [0.15, 0.2) is 30.3 Å². The van der Waals surface area contributed by atoms with Crippen molar-refractivity contribution in [1.29, 1.82) is 0 Å². The Hall–Kier alpha value is -1.23. The minimum absolute atomic E-state index is 0.0673. The molecule has 1 aliphatic heterocycles. The van der Waals surface area contributed by atoms with Crippen molar-refractivity contribution in [3.05, 3.63) is 35.9 Å². The molecule has 1 N–H and O–H groups in total. The number of ketones is 1. The standard InChI is InChI=1S/C16H23NO3/c1-2-15(18)11-17-8-9-20-12-14(17)10-16(19)13-6-4-3-5-7-13/h3-7,14-15,18H,2,8-12H2,1H3/t14-,15+/m0/s1. The van der Waals surface area contributed by atoms with Crippen LogP contribution in [0.2, 0.25) is 0 Å². The lowest BCUT2D eigenvalue weighted by Crippen LogP contribution is -2.49. The van der Waals surface area contributed by atoms with Crippen LogP contribution in [0, 0.1) is 0 Å². The van der Waals surface area contributed by atoms with Crippen LogP contribution in [-0.4, -0.2) is 54.2 Å². The number of carbonyl (C=O) groups excluding carboxylic acids is 1. The Morgan fingerprint density at radius 1 is 1.45 bits per heavy atom. The molecule has 20 heavy (non-hydrogen) atoms. The zero-order chi connectivity index (χ0) is 14.4. The number of β-amino-alcohol motifs (C(OH)–C–C–N with tert-alkyl or cyclic N) is 1. The van der Waals surface area contributed by atoms with Gasteiger partial charge < -0.3 is 9.84 Å². The van der Waals surface area contributed by atoms with Crippen LogP contribution in [0.25, 0.3) is 0 Å². The van der Waals surface area contributed by atoms with Gasteiger partial charge in [0.15, 0.2) is 5.78 Å². The molecule has 2 atom stereocenters. The molecule has 0 aliphatic carbocycles. The van der Waals surface area contributed by atoms with Crippen LogP contribution in [0.4, 0.5) is 0 Å². The minimum Gasteiger partial charge on any atom is -0.392 e. The number of rotatable bonds is 6. The van der Waals surface area contributed by atoms with Crippen LogP contribution in [0.5, 0.6) is 0 Å². The number of ether oxygens (including phenoxy) is 1. The lowest BCUT2D eigenvalue weighted by Gasteiger charge is -2.36. The summed E-state index contributed by atoms with van der Waals surface area (Å²) in [7, 11) is 0. The Kier molecular flexibility index (Phi) is 5.71. The van der Waals surface area contributed by atoms with Crippen LogP contribution < -0.4 is 0 Å². The maximum atomic E-state index is 12.3. The van der Waals surface area contributed by atoms with E-state index in [4.69, 9.17) is 4.74 Å². The average molecular weight is 277 g/mol. The molecule has 0 radical (unpaired) electrons. The van der Waals surface area contributed by atoms with Crippen LogP contribution in [0.1, 0.15) is 30.1 Å². The fourth-order valence-electron chi connectivity index (χ4n) is 2.47. The Morgan fingerprint density at radius 3 is 2.90 bits per heavy atom. The molecular weight excluding hydrogens is 254 g/mol. The third-order valence-electron chi connectivity index (χ3n) is 3.78. The van der Waals surface area contributed by atoms with Gasteiger partial charge in [-0.05, 0) is 6.42 Å². The molecule has 2 rings (SSSR count). The fourth-order valence-corrected chi connectivity index (χ4v) is 2.47. The van der Waals surface area contributed by atoms with E-state index < -0.39 is 0 Å². The molecule has 4 heteroatoms. The summed E-state index contributed by atoms with van der Waals surface area (Å²) in [6, 6.07) is 9.42. The summed E-state index contributed by atoms with van der Waals surface area (Å²) in [5.74, 6) is 0.136. The Bertz CT molecular complexity index is 421. The van der Waals surface area contributed by atoms with Crippen molar-refractivity contribution in [2.24, 2.45) is 0 Å². The molecule has 0 unspecified atom stereocenters. The van der Waals surface area contributed by atoms with Gasteiger partial charge in [-0.15, -0.1) is 0 Å². The summed E-state index contributed by atoms with van der Waals surface area (Å²) in [5, 5.41) is 9.81. The topological polar surface area (TPSA) is 49.8 Å². The average Bonchev–Trinajstić information content (AvgIpc) is 2.50. The summed E-state index contributed by atoms with van der Waals surface area (Å²) in [4.78, 5) is 14.4. The molecular formula is C16H23NO3. The first-order chi connectivity index (χ1) is 9.70. The van der Waals surface area contributed by atoms with E-state index in [1.807, 2.05) is 37.3 Å². The minimum atomic E-state index is -0.331. The second kappa shape index (κ2) is 7.53. The molecule has 1 aromatic rings. The van der Waals surface area contributed by atoms with E-state index in [1.54, 1.807) is 0 Å². The molecule has 1 saturated heterocycles. The summed E-state index contributed by atoms with van der Waals surface area (Å²) in [6.07, 6.45) is 0.847. The van der Waals surface area contributed by atoms with Gasteiger partial charge in [-0.2, -0.15) is 0 Å². The zero-order valence-corrected chi connectivity index (χ0v) is 12.0. The number of nitrogens with zero attached hydrogens (tertiary/aromatic N) is 1. The van der Waals surface area contributed by atoms with E-state index in [0.717, 1.165) is 18.5 Å². The van der Waals surface area contributed by atoms with Crippen molar-refractivity contribution in [3.8, 4) is 0 Å². The number of carbonyl (C=O) groups is 1. The van der Waals surface area contributed by atoms with Crippen LogP contribution >= 0.6 is 0 Å². The third-order valence-corrected chi connectivity index (χ3v) is 3.78. The highest BCUT2D eigenvalue weighted by atomic mass is 16.5. The van der Waals surface area contributed by atoms with Gasteiger partial charge in [0.05, 0.1) is 19.3 Å². The number of hydrogen-bond acceptors (Lipinski definition) is 4.